The van der Waals surface area contributed by atoms with Crippen molar-refractivity contribution < 1.29 is 18.7 Å². The highest BCUT2D eigenvalue weighted by molar-refractivity contribution is 5.63. The van der Waals surface area contributed by atoms with E-state index >= 15 is 0 Å². The molecule has 5 heteroatoms. The van der Waals surface area contributed by atoms with Gasteiger partial charge in [-0.15, -0.1) is 0 Å². The Morgan fingerprint density at radius 3 is 2.22 bits per heavy atom. The van der Waals surface area contributed by atoms with Crippen molar-refractivity contribution in [3.8, 4) is 0 Å². The average Bonchev–Trinajstić information content (AvgIpc) is 1.59. The number of carbonyl (C=O) groups is 1. The van der Waals surface area contributed by atoms with Gasteiger partial charge in [0.1, 0.15) is 0 Å². The highest BCUT2D eigenvalue weighted by Crippen LogP contribution is 2.08. The van der Waals surface area contributed by atoms with Crippen LogP contribution in [0.1, 0.15) is 6.92 Å². The molecule has 3 nitrogen and oxygen atoms in total. The molecule has 0 bridgehead atoms. The van der Waals surface area contributed by atoms with E-state index in [0.29, 0.717) is 6.92 Å². The summed E-state index contributed by atoms with van der Waals surface area (Å²) < 4.78 is 23.5. The standard InChI is InChI=1S/C4H6F2NO2/c1-4(5,6)2-7-3(8)9/h7H,2H2,1H3. The van der Waals surface area contributed by atoms with E-state index in [1.807, 2.05) is 0 Å². The van der Waals surface area contributed by atoms with Crippen molar-refractivity contribution in [2.45, 2.75) is 12.8 Å². The zero-order chi connectivity index (χ0) is 7.49. The molecule has 0 aliphatic rings. The van der Waals surface area contributed by atoms with Crippen molar-refractivity contribution in [2.75, 3.05) is 6.54 Å². The summed E-state index contributed by atoms with van der Waals surface area (Å²) >= 11 is 0. The van der Waals surface area contributed by atoms with E-state index in [9.17, 15) is 18.7 Å². The molecule has 53 valence electrons. The molecular formula is C4H6F2NO2. The van der Waals surface area contributed by atoms with Gasteiger partial charge in [-0.05, 0) is 0 Å². The Hall–Kier alpha value is -0.870. The van der Waals surface area contributed by atoms with Crippen LogP contribution in [-0.2, 0) is 5.11 Å². The summed E-state index contributed by atoms with van der Waals surface area (Å²) in [7, 11) is 0. The summed E-state index contributed by atoms with van der Waals surface area (Å²) in [5, 5.41) is 10.9. The molecule has 1 amide bonds. The fourth-order valence-corrected chi connectivity index (χ4v) is 0.227. The molecule has 0 atom stereocenters. The van der Waals surface area contributed by atoms with Crippen LogP contribution in [0, 0.1) is 0 Å². The summed E-state index contributed by atoms with van der Waals surface area (Å²) in [6, 6.07) is 0. The maximum atomic E-state index is 11.7. The SMILES string of the molecule is CC(F)(F)CNC([O])=O. The second-order valence-electron chi connectivity index (χ2n) is 1.71. The van der Waals surface area contributed by atoms with Crippen LogP contribution in [0.3, 0.4) is 0 Å². The third-order valence-electron chi connectivity index (χ3n) is 0.543. The molecule has 0 aromatic carbocycles. The van der Waals surface area contributed by atoms with Crippen LogP contribution >= 0.6 is 0 Å². The van der Waals surface area contributed by atoms with Crippen molar-refractivity contribution in [1.29, 1.82) is 0 Å². The minimum Gasteiger partial charge on any atom is -0.312 e. The molecule has 0 saturated carbocycles. The first-order chi connectivity index (χ1) is 3.92. The number of halogens is 2. The topological polar surface area (TPSA) is 49.0 Å². The minimum atomic E-state index is -3.00. The van der Waals surface area contributed by atoms with Crippen molar-refractivity contribution >= 4 is 6.09 Å². The molecule has 0 heterocycles. The Morgan fingerprint density at radius 2 is 2.11 bits per heavy atom. The lowest BCUT2D eigenvalue weighted by Gasteiger charge is -2.07. The van der Waals surface area contributed by atoms with E-state index in [2.05, 4.69) is 0 Å². The molecule has 0 unspecified atom stereocenters. The van der Waals surface area contributed by atoms with Crippen LogP contribution in [0.2, 0.25) is 0 Å². The largest absolute Gasteiger partial charge is 0.450 e. The number of nitrogens with one attached hydrogen (secondary N) is 1. The average molecular weight is 138 g/mol. The smallest absolute Gasteiger partial charge is 0.312 e. The Bertz CT molecular complexity index is 110. The molecule has 1 N–H and O–H groups in total. The highest BCUT2D eigenvalue weighted by atomic mass is 19.3. The van der Waals surface area contributed by atoms with Crippen LogP contribution in [0.5, 0.6) is 0 Å². The van der Waals surface area contributed by atoms with Gasteiger partial charge in [-0.1, -0.05) is 0 Å². The van der Waals surface area contributed by atoms with Gasteiger partial charge in [-0.25, -0.2) is 18.7 Å². The second-order valence-corrected chi connectivity index (χ2v) is 1.71. The Morgan fingerprint density at radius 1 is 1.67 bits per heavy atom. The summed E-state index contributed by atoms with van der Waals surface area (Å²) in [5.41, 5.74) is 0. The van der Waals surface area contributed by atoms with Gasteiger partial charge in [0.25, 0.3) is 5.92 Å². The Kier molecular flexibility index (Phi) is 2.36. The highest BCUT2D eigenvalue weighted by Gasteiger charge is 2.21. The molecule has 9 heavy (non-hydrogen) atoms. The Balaban J connectivity index is 3.39. The molecule has 0 spiro atoms. The fraction of sp³-hybridized carbons (Fsp3) is 0.750. The number of rotatable bonds is 2. The van der Waals surface area contributed by atoms with E-state index in [-0.39, 0.29) is 0 Å². The zero-order valence-electron chi connectivity index (χ0n) is 4.78. The maximum absolute atomic E-state index is 11.7. The maximum Gasteiger partial charge on any atom is 0.450 e. The lowest BCUT2D eigenvalue weighted by molar-refractivity contribution is 0.0219. The number of alkyl halides is 2. The number of amides is 1. The molecule has 0 aliphatic carbocycles. The summed E-state index contributed by atoms with van der Waals surface area (Å²) in [5.74, 6) is -3.00. The fourth-order valence-electron chi connectivity index (χ4n) is 0.227. The molecule has 0 aromatic heterocycles. The summed E-state index contributed by atoms with van der Waals surface area (Å²) in [6.45, 7) is -0.279. The monoisotopic (exact) mass is 138 g/mol. The van der Waals surface area contributed by atoms with Crippen LogP contribution in [0.25, 0.3) is 0 Å². The van der Waals surface area contributed by atoms with Gasteiger partial charge in [0, 0.05) is 6.92 Å². The normalized spacial score (nSPS) is 11.0. The molecule has 0 aliphatic heterocycles. The quantitative estimate of drug-likeness (QED) is 0.602. The number of hydrogen-bond acceptors (Lipinski definition) is 1. The van der Waals surface area contributed by atoms with Crippen molar-refractivity contribution in [3.05, 3.63) is 0 Å². The Labute approximate surface area is 50.7 Å². The molecular weight excluding hydrogens is 132 g/mol. The van der Waals surface area contributed by atoms with Gasteiger partial charge >= 0.3 is 6.09 Å². The van der Waals surface area contributed by atoms with Crippen molar-refractivity contribution in [2.24, 2.45) is 0 Å². The van der Waals surface area contributed by atoms with Crippen LogP contribution in [0.4, 0.5) is 13.6 Å². The predicted octanol–water partition coefficient (Wildman–Crippen LogP) is 0.782. The van der Waals surface area contributed by atoms with Crippen molar-refractivity contribution in [3.63, 3.8) is 0 Å². The second kappa shape index (κ2) is 2.61. The first-order valence-electron chi connectivity index (χ1n) is 2.24. The summed E-state index contributed by atoms with van der Waals surface area (Å²) in [6.07, 6.45) is -1.68. The molecule has 0 fully saturated rings. The van der Waals surface area contributed by atoms with E-state index in [4.69, 9.17) is 0 Å². The number of carbonyl (C=O) groups excluding carboxylic acids is 1. The van der Waals surface area contributed by atoms with Crippen LogP contribution < -0.4 is 5.32 Å². The van der Waals surface area contributed by atoms with Gasteiger partial charge in [-0.3, -0.25) is 0 Å². The van der Waals surface area contributed by atoms with Crippen LogP contribution in [0.15, 0.2) is 0 Å². The number of hydrogen-bond donors (Lipinski definition) is 1. The van der Waals surface area contributed by atoms with E-state index in [1.54, 1.807) is 0 Å². The van der Waals surface area contributed by atoms with E-state index < -0.39 is 18.6 Å². The minimum absolute atomic E-state index is 0.614. The predicted molar refractivity (Wildman–Crippen MR) is 24.7 cm³/mol. The molecule has 0 aromatic rings. The molecule has 0 rings (SSSR count). The van der Waals surface area contributed by atoms with Gasteiger partial charge < -0.3 is 5.32 Å². The first kappa shape index (κ1) is 8.13. The van der Waals surface area contributed by atoms with Gasteiger partial charge in [0.2, 0.25) is 0 Å². The third-order valence-corrected chi connectivity index (χ3v) is 0.543. The third kappa shape index (κ3) is 7.13. The zero-order valence-corrected chi connectivity index (χ0v) is 4.78. The van der Waals surface area contributed by atoms with E-state index in [0.717, 1.165) is 0 Å². The van der Waals surface area contributed by atoms with Crippen molar-refractivity contribution in [1.82, 2.24) is 5.32 Å². The lowest BCUT2D eigenvalue weighted by Crippen LogP contribution is -2.32. The van der Waals surface area contributed by atoms with Crippen LogP contribution in [-0.4, -0.2) is 18.6 Å². The molecule has 0 saturated heterocycles. The lowest BCUT2D eigenvalue weighted by atomic mass is 10.4. The van der Waals surface area contributed by atoms with Gasteiger partial charge in [-0.2, -0.15) is 0 Å². The molecule has 1 radical (unpaired) electrons. The van der Waals surface area contributed by atoms with Gasteiger partial charge in [0.15, 0.2) is 0 Å². The van der Waals surface area contributed by atoms with Gasteiger partial charge in [0.05, 0.1) is 6.54 Å². The summed E-state index contributed by atoms with van der Waals surface area (Å²) in [4.78, 5) is 9.49. The van der Waals surface area contributed by atoms with E-state index in [1.165, 1.54) is 5.32 Å². The first-order valence-corrected chi connectivity index (χ1v) is 2.24.